The van der Waals surface area contributed by atoms with Gasteiger partial charge in [0, 0.05) is 25.6 Å². The molecular formula is C15H17N3O5. The van der Waals surface area contributed by atoms with E-state index in [4.69, 9.17) is 4.74 Å². The summed E-state index contributed by atoms with van der Waals surface area (Å²) in [5.41, 5.74) is 5.16. The molecule has 0 spiro atoms. The summed E-state index contributed by atoms with van der Waals surface area (Å²) in [6, 6.07) is 6.40. The Morgan fingerprint density at radius 3 is 2.43 bits per heavy atom. The number of nitrogens with zero attached hydrogens (tertiary/aromatic N) is 1. The zero-order chi connectivity index (χ0) is 16.8. The number of benzene rings is 1. The van der Waals surface area contributed by atoms with Gasteiger partial charge in [0.2, 0.25) is 11.8 Å². The summed E-state index contributed by atoms with van der Waals surface area (Å²) in [5.74, 6) is -1.68. The van der Waals surface area contributed by atoms with Crippen molar-refractivity contribution in [2.45, 2.75) is 19.8 Å². The van der Waals surface area contributed by atoms with Crippen molar-refractivity contribution in [3.05, 3.63) is 29.8 Å². The highest BCUT2D eigenvalue weighted by Gasteiger charge is 2.21. The van der Waals surface area contributed by atoms with Crippen molar-refractivity contribution < 1.29 is 23.9 Å². The standard InChI is InChI=1S/C15H17N3O5/c1-10(19)16-17-13(20)9-23-15(22)11-4-6-12(7-5-11)18-8-2-3-14(18)21/h4-7H,2-3,8-9H2,1H3,(H,16,19)(H,17,20). The molecule has 1 aliphatic rings. The van der Waals surface area contributed by atoms with Gasteiger partial charge in [0.15, 0.2) is 6.61 Å². The van der Waals surface area contributed by atoms with Crippen LogP contribution in [0.2, 0.25) is 0 Å². The molecule has 0 aromatic heterocycles. The van der Waals surface area contributed by atoms with Crippen LogP contribution in [0.5, 0.6) is 0 Å². The van der Waals surface area contributed by atoms with Crippen LogP contribution < -0.4 is 15.8 Å². The van der Waals surface area contributed by atoms with E-state index in [9.17, 15) is 19.2 Å². The molecule has 8 nitrogen and oxygen atoms in total. The summed E-state index contributed by atoms with van der Waals surface area (Å²) in [4.78, 5) is 47.0. The third kappa shape index (κ3) is 4.53. The predicted molar refractivity (Wildman–Crippen MR) is 80.3 cm³/mol. The molecular weight excluding hydrogens is 302 g/mol. The van der Waals surface area contributed by atoms with Crippen LogP contribution in [0.3, 0.4) is 0 Å². The molecule has 1 aliphatic heterocycles. The Labute approximate surface area is 132 Å². The van der Waals surface area contributed by atoms with E-state index in [0.717, 1.165) is 12.1 Å². The normalized spacial score (nSPS) is 13.6. The minimum atomic E-state index is -0.665. The van der Waals surface area contributed by atoms with Crippen LogP contribution >= 0.6 is 0 Å². The van der Waals surface area contributed by atoms with E-state index in [2.05, 4.69) is 10.9 Å². The highest BCUT2D eigenvalue weighted by atomic mass is 16.5. The maximum Gasteiger partial charge on any atom is 0.338 e. The van der Waals surface area contributed by atoms with Crippen molar-refractivity contribution in [1.29, 1.82) is 0 Å². The molecule has 3 amide bonds. The van der Waals surface area contributed by atoms with Gasteiger partial charge in [0.05, 0.1) is 5.56 Å². The number of nitrogens with one attached hydrogen (secondary N) is 2. The van der Waals surface area contributed by atoms with E-state index in [-0.39, 0.29) is 11.5 Å². The molecule has 0 radical (unpaired) electrons. The lowest BCUT2D eigenvalue weighted by Gasteiger charge is -2.15. The lowest BCUT2D eigenvalue weighted by atomic mass is 10.2. The molecule has 8 heteroatoms. The maximum atomic E-state index is 11.8. The molecule has 1 saturated heterocycles. The number of ether oxygens (including phenoxy) is 1. The molecule has 0 bridgehead atoms. The van der Waals surface area contributed by atoms with E-state index >= 15 is 0 Å². The van der Waals surface area contributed by atoms with E-state index < -0.39 is 24.4 Å². The minimum absolute atomic E-state index is 0.0648. The summed E-state index contributed by atoms with van der Waals surface area (Å²) in [7, 11) is 0. The van der Waals surface area contributed by atoms with Crippen LogP contribution in [-0.2, 0) is 19.1 Å². The summed E-state index contributed by atoms with van der Waals surface area (Å²) < 4.78 is 4.83. The number of hydrogen-bond acceptors (Lipinski definition) is 5. The molecule has 0 unspecified atom stereocenters. The van der Waals surface area contributed by atoms with E-state index in [1.807, 2.05) is 0 Å². The topological polar surface area (TPSA) is 105 Å². The number of hydrogen-bond donors (Lipinski definition) is 2. The number of anilines is 1. The monoisotopic (exact) mass is 319 g/mol. The van der Waals surface area contributed by atoms with Gasteiger partial charge in [-0.15, -0.1) is 0 Å². The fourth-order valence-electron chi connectivity index (χ4n) is 2.11. The molecule has 2 rings (SSSR count). The smallest absolute Gasteiger partial charge is 0.338 e. The van der Waals surface area contributed by atoms with Gasteiger partial charge in [0.25, 0.3) is 5.91 Å². The number of esters is 1. The first kappa shape index (κ1) is 16.5. The third-order valence-corrected chi connectivity index (χ3v) is 3.20. The van der Waals surface area contributed by atoms with Crippen molar-refractivity contribution in [1.82, 2.24) is 10.9 Å². The molecule has 1 heterocycles. The first-order valence-corrected chi connectivity index (χ1v) is 7.10. The van der Waals surface area contributed by atoms with E-state index in [1.165, 1.54) is 19.1 Å². The van der Waals surface area contributed by atoms with Crippen LogP contribution in [0.4, 0.5) is 5.69 Å². The van der Waals surface area contributed by atoms with Crippen LogP contribution in [0.25, 0.3) is 0 Å². The van der Waals surface area contributed by atoms with Gasteiger partial charge in [0.1, 0.15) is 0 Å². The zero-order valence-corrected chi connectivity index (χ0v) is 12.6. The first-order chi connectivity index (χ1) is 11.0. The Hall–Kier alpha value is -2.90. The summed E-state index contributed by atoms with van der Waals surface area (Å²) in [5, 5.41) is 0. The van der Waals surface area contributed by atoms with E-state index in [1.54, 1.807) is 17.0 Å². The largest absolute Gasteiger partial charge is 0.452 e. The Kier molecular flexibility index (Phi) is 5.29. The van der Waals surface area contributed by atoms with Crippen LogP contribution in [-0.4, -0.2) is 36.8 Å². The Morgan fingerprint density at radius 1 is 1.17 bits per heavy atom. The Morgan fingerprint density at radius 2 is 1.87 bits per heavy atom. The molecule has 0 atom stereocenters. The molecule has 122 valence electrons. The predicted octanol–water partition coefficient (Wildman–Crippen LogP) is 0.137. The average Bonchev–Trinajstić information content (AvgIpc) is 2.96. The highest BCUT2D eigenvalue weighted by molar-refractivity contribution is 5.96. The first-order valence-electron chi connectivity index (χ1n) is 7.10. The van der Waals surface area contributed by atoms with Crippen LogP contribution in [0.15, 0.2) is 24.3 Å². The Bertz CT molecular complexity index is 627. The van der Waals surface area contributed by atoms with Crippen molar-refractivity contribution >= 4 is 29.4 Å². The maximum absolute atomic E-state index is 11.8. The molecule has 0 saturated carbocycles. The lowest BCUT2D eigenvalue weighted by molar-refractivity contribution is -0.129. The van der Waals surface area contributed by atoms with Gasteiger partial charge in [-0.2, -0.15) is 0 Å². The van der Waals surface area contributed by atoms with Crippen LogP contribution in [0.1, 0.15) is 30.1 Å². The fourth-order valence-corrected chi connectivity index (χ4v) is 2.11. The number of rotatable bonds is 4. The molecule has 1 aromatic carbocycles. The van der Waals surface area contributed by atoms with E-state index in [0.29, 0.717) is 13.0 Å². The molecule has 0 aliphatic carbocycles. The summed E-state index contributed by atoms with van der Waals surface area (Å²) >= 11 is 0. The van der Waals surface area contributed by atoms with Gasteiger partial charge in [-0.3, -0.25) is 25.2 Å². The van der Waals surface area contributed by atoms with Gasteiger partial charge in [-0.05, 0) is 30.7 Å². The summed E-state index contributed by atoms with van der Waals surface area (Å²) in [6.07, 6.45) is 1.36. The third-order valence-electron chi connectivity index (χ3n) is 3.20. The molecule has 1 fully saturated rings. The SMILES string of the molecule is CC(=O)NNC(=O)COC(=O)c1ccc(N2CCCC2=O)cc1. The molecule has 2 N–H and O–H groups in total. The minimum Gasteiger partial charge on any atom is -0.452 e. The molecule has 1 aromatic rings. The summed E-state index contributed by atoms with van der Waals surface area (Å²) in [6.45, 7) is 1.40. The Balaban J connectivity index is 1.86. The van der Waals surface area contributed by atoms with Crippen molar-refractivity contribution in [2.24, 2.45) is 0 Å². The van der Waals surface area contributed by atoms with Crippen molar-refractivity contribution in [2.75, 3.05) is 18.1 Å². The molecule has 23 heavy (non-hydrogen) atoms. The fraction of sp³-hybridized carbons (Fsp3) is 0.333. The highest BCUT2D eigenvalue weighted by Crippen LogP contribution is 2.21. The van der Waals surface area contributed by atoms with Gasteiger partial charge < -0.3 is 9.64 Å². The van der Waals surface area contributed by atoms with Crippen molar-refractivity contribution in [3.8, 4) is 0 Å². The number of carbonyl (C=O) groups is 4. The van der Waals surface area contributed by atoms with Gasteiger partial charge in [-0.25, -0.2) is 4.79 Å². The second-order valence-electron chi connectivity index (χ2n) is 5.00. The number of amides is 3. The number of carbonyl (C=O) groups excluding carboxylic acids is 4. The second kappa shape index (κ2) is 7.39. The zero-order valence-electron chi connectivity index (χ0n) is 12.6. The lowest BCUT2D eigenvalue weighted by Crippen LogP contribution is -2.42. The second-order valence-corrected chi connectivity index (χ2v) is 5.00. The number of hydrazine groups is 1. The van der Waals surface area contributed by atoms with Gasteiger partial charge >= 0.3 is 5.97 Å². The average molecular weight is 319 g/mol. The van der Waals surface area contributed by atoms with Crippen LogP contribution in [0, 0.1) is 0 Å². The van der Waals surface area contributed by atoms with Crippen molar-refractivity contribution in [3.63, 3.8) is 0 Å². The van der Waals surface area contributed by atoms with Gasteiger partial charge in [-0.1, -0.05) is 0 Å². The quantitative estimate of drug-likeness (QED) is 0.606.